The number of likely N-dealkylation sites (N-methyl/N-ethyl adjacent to an activating group) is 1. The number of aryl methyl sites for hydroxylation is 1. The fourth-order valence-electron chi connectivity index (χ4n) is 2.32. The molecule has 0 bridgehead atoms. The molecule has 1 aromatic rings. The van der Waals surface area contributed by atoms with Gasteiger partial charge in [0.15, 0.2) is 0 Å². The quantitative estimate of drug-likeness (QED) is 0.902. The first-order valence-corrected chi connectivity index (χ1v) is 6.61. The van der Waals surface area contributed by atoms with E-state index in [1.54, 1.807) is 19.1 Å². The van der Waals surface area contributed by atoms with E-state index in [4.69, 9.17) is 9.84 Å². The Balaban J connectivity index is 2.09. The Hall–Kier alpha value is -1.62. The molecule has 2 rings (SSSR count). The van der Waals surface area contributed by atoms with Crippen molar-refractivity contribution >= 4 is 11.8 Å². The number of ether oxygens (including phenoxy) is 1. The summed E-state index contributed by atoms with van der Waals surface area (Å²) in [5.41, 5.74) is 0.991. The summed E-state index contributed by atoms with van der Waals surface area (Å²) in [4.78, 5) is 17.4. The van der Waals surface area contributed by atoms with Crippen LogP contribution in [0.4, 0.5) is 5.82 Å². The lowest BCUT2D eigenvalue weighted by Gasteiger charge is -2.28. The third-order valence-electron chi connectivity index (χ3n) is 3.33. The topological polar surface area (TPSA) is 62.7 Å². The van der Waals surface area contributed by atoms with Gasteiger partial charge >= 0.3 is 5.97 Å². The molecule has 1 aromatic heterocycles. The van der Waals surface area contributed by atoms with E-state index in [0.717, 1.165) is 26.0 Å². The third kappa shape index (κ3) is 3.67. The summed E-state index contributed by atoms with van der Waals surface area (Å²) >= 11 is 0. The van der Waals surface area contributed by atoms with E-state index >= 15 is 0 Å². The number of carboxylic acids is 1. The Bertz CT molecular complexity index is 456. The molecule has 0 aliphatic carbocycles. The standard InChI is InChI=1S/C14H20N2O3/c1-10-7-11(14(17)18)8-13(15-10)16(2)9-12-5-3-4-6-19-12/h7-8,12H,3-6,9H2,1-2H3,(H,17,18). The molecule has 1 fully saturated rings. The van der Waals surface area contributed by atoms with E-state index in [9.17, 15) is 4.79 Å². The van der Waals surface area contributed by atoms with Gasteiger partial charge in [-0.15, -0.1) is 0 Å². The Labute approximate surface area is 113 Å². The normalized spacial score (nSPS) is 19.2. The second-order valence-electron chi connectivity index (χ2n) is 5.03. The minimum absolute atomic E-state index is 0.217. The van der Waals surface area contributed by atoms with Crippen LogP contribution in [0, 0.1) is 6.92 Å². The number of rotatable bonds is 4. The van der Waals surface area contributed by atoms with Crippen LogP contribution in [-0.4, -0.2) is 42.4 Å². The second kappa shape index (κ2) is 6.02. The highest BCUT2D eigenvalue weighted by atomic mass is 16.5. The van der Waals surface area contributed by atoms with Gasteiger partial charge in [0, 0.05) is 25.9 Å². The molecule has 1 N–H and O–H groups in total. The van der Waals surface area contributed by atoms with Gasteiger partial charge in [-0.2, -0.15) is 0 Å². The maximum atomic E-state index is 11.0. The zero-order valence-electron chi connectivity index (χ0n) is 11.4. The highest BCUT2D eigenvalue weighted by Gasteiger charge is 2.17. The van der Waals surface area contributed by atoms with Crippen LogP contribution in [0.3, 0.4) is 0 Å². The Morgan fingerprint density at radius 1 is 1.53 bits per heavy atom. The van der Waals surface area contributed by atoms with Gasteiger partial charge in [0.05, 0.1) is 11.7 Å². The lowest BCUT2D eigenvalue weighted by Crippen LogP contribution is -2.33. The highest BCUT2D eigenvalue weighted by Crippen LogP contribution is 2.18. The lowest BCUT2D eigenvalue weighted by atomic mass is 10.1. The molecule has 5 heteroatoms. The number of pyridine rings is 1. The third-order valence-corrected chi connectivity index (χ3v) is 3.33. The summed E-state index contributed by atoms with van der Waals surface area (Å²) in [6, 6.07) is 3.19. The van der Waals surface area contributed by atoms with Crippen molar-refractivity contribution in [3.63, 3.8) is 0 Å². The molecule has 0 spiro atoms. The zero-order chi connectivity index (χ0) is 13.8. The van der Waals surface area contributed by atoms with Crippen LogP contribution in [0.15, 0.2) is 12.1 Å². The van der Waals surface area contributed by atoms with Crippen molar-refractivity contribution in [2.24, 2.45) is 0 Å². The molecular formula is C14H20N2O3. The van der Waals surface area contributed by atoms with E-state index in [1.165, 1.54) is 6.42 Å². The van der Waals surface area contributed by atoms with Crippen LogP contribution in [0.1, 0.15) is 35.3 Å². The number of aromatic nitrogens is 1. The van der Waals surface area contributed by atoms with Crippen LogP contribution in [-0.2, 0) is 4.74 Å². The molecule has 1 saturated heterocycles. The lowest BCUT2D eigenvalue weighted by molar-refractivity contribution is 0.0215. The number of aromatic carboxylic acids is 1. The van der Waals surface area contributed by atoms with Gasteiger partial charge in [-0.05, 0) is 38.3 Å². The van der Waals surface area contributed by atoms with E-state index in [0.29, 0.717) is 11.5 Å². The molecule has 19 heavy (non-hydrogen) atoms. The summed E-state index contributed by atoms with van der Waals surface area (Å²) in [6.07, 6.45) is 3.60. The summed E-state index contributed by atoms with van der Waals surface area (Å²) in [6.45, 7) is 3.37. The number of hydrogen-bond donors (Lipinski definition) is 1. The minimum Gasteiger partial charge on any atom is -0.478 e. The Morgan fingerprint density at radius 3 is 2.95 bits per heavy atom. The molecule has 104 valence electrons. The fourth-order valence-corrected chi connectivity index (χ4v) is 2.32. The average Bonchev–Trinajstić information content (AvgIpc) is 2.39. The van der Waals surface area contributed by atoms with Gasteiger partial charge in [0.2, 0.25) is 0 Å². The maximum Gasteiger partial charge on any atom is 0.335 e. The van der Waals surface area contributed by atoms with Crippen molar-refractivity contribution in [2.45, 2.75) is 32.3 Å². The number of nitrogens with zero attached hydrogens (tertiary/aromatic N) is 2. The van der Waals surface area contributed by atoms with E-state index in [1.807, 2.05) is 11.9 Å². The molecule has 1 aliphatic rings. The predicted molar refractivity (Wildman–Crippen MR) is 72.8 cm³/mol. The summed E-state index contributed by atoms with van der Waals surface area (Å²) in [5, 5.41) is 9.07. The molecule has 0 amide bonds. The van der Waals surface area contributed by atoms with Crippen LogP contribution in [0.2, 0.25) is 0 Å². The summed E-state index contributed by atoms with van der Waals surface area (Å²) < 4.78 is 5.69. The van der Waals surface area contributed by atoms with Crippen LogP contribution >= 0.6 is 0 Å². The van der Waals surface area contributed by atoms with Crippen LogP contribution in [0.5, 0.6) is 0 Å². The van der Waals surface area contributed by atoms with Crippen molar-refractivity contribution in [3.8, 4) is 0 Å². The van der Waals surface area contributed by atoms with Gasteiger partial charge in [-0.25, -0.2) is 9.78 Å². The second-order valence-corrected chi connectivity index (χ2v) is 5.03. The number of hydrogen-bond acceptors (Lipinski definition) is 4. The number of carbonyl (C=O) groups is 1. The largest absolute Gasteiger partial charge is 0.478 e. The van der Waals surface area contributed by atoms with Crippen molar-refractivity contribution in [3.05, 3.63) is 23.4 Å². The summed E-state index contributed by atoms with van der Waals surface area (Å²) in [5.74, 6) is -0.236. The van der Waals surface area contributed by atoms with E-state index in [-0.39, 0.29) is 11.7 Å². The molecule has 5 nitrogen and oxygen atoms in total. The fraction of sp³-hybridized carbons (Fsp3) is 0.571. The molecule has 0 radical (unpaired) electrons. The molecule has 0 aromatic carbocycles. The van der Waals surface area contributed by atoms with Crippen LogP contribution < -0.4 is 4.90 Å². The first-order chi connectivity index (χ1) is 9.06. The first-order valence-electron chi connectivity index (χ1n) is 6.61. The summed E-state index contributed by atoms with van der Waals surface area (Å²) in [7, 11) is 1.92. The van der Waals surface area contributed by atoms with Crippen molar-refractivity contribution in [1.29, 1.82) is 0 Å². The molecule has 1 unspecified atom stereocenters. The average molecular weight is 264 g/mol. The van der Waals surface area contributed by atoms with E-state index < -0.39 is 5.97 Å². The maximum absolute atomic E-state index is 11.0. The van der Waals surface area contributed by atoms with Gasteiger partial charge in [-0.3, -0.25) is 0 Å². The van der Waals surface area contributed by atoms with Gasteiger partial charge in [0.1, 0.15) is 5.82 Å². The van der Waals surface area contributed by atoms with Gasteiger partial charge in [0.25, 0.3) is 0 Å². The molecule has 2 heterocycles. The SMILES string of the molecule is Cc1cc(C(=O)O)cc(N(C)CC2CCCCO2)n1. The van der Waals surface area contributed by atoms with E-state index in [2.05, 4.69) is 4.98 Å². The minimum atomic E-state index is -0.922. The molecule has 1 atom stereocenters. The molecule has 0 saturated carbocycles. The van der Waals surface area contributed by atoms with Crippen molar-refractivity contribution in [1.82, 2.24) is 4.98 Å². The molecule has 1 aliphatic heterocycles. The predicted octanol–water partition coefficient (Wildman–Crippen LogP) is 2.09. The molecular weight excluding hydrogens is 244 g/mol. The van der Waals surface area contributed by atoms with Gasteiger partial charge in [-0.1, -0.05) is 0 Å². The van der Waals surface area contributed by atoms with Crippen LogP contribution in [0.25, 0.3) is 0 Å². The van der Waals surface area contributed by atoms with Crippen molar-refractivity contribution in [2.75, 3.05) is 25.1 Å². The first kappa shape index (κ1) is 13.8. The monoisotopic (exact) mass is 264 g/mol. The van der Waals surface area contributed by atoms with Gasteiger partial charge < -0.3 is 14.7 Å². The Morgan fingerprint density at radius 2 is 2.32 bits per heavy atom. The smallest absolute Gasteiger partial charge is 0.335 e. The number of carboxylic acid groups (broad SMARTS) is 1. The Kier molecular flexibility index (Phi) is 4.37. The zero-order valence-corrected chi connectivity index (χ0v) is 11.4. The highest BCUT2D eigenvalue weighted by molar-refractivity contribution is 5.88. The van der Waals surface area contributed by atoms with Crippen molar-refractivity contribution < 1.29 is 14.6 Å². The number of anilines is 1.